The Kier molecular flexibility index (Phi) is 3.93. The molecule has 66 valence electrons. The molecule has 1 aromatic heterocycles. The maximum Gasteiger partial charge on any atom is 0.0907 e. The molecule has 0 saturated carbocycles. The summed E-state index contributed by atoms with van der Waals surface area (Å²) >= 11 is 0. The summed E-state index contributed by atoms with van der Waals surface area (Å²) < 4.78 is 3.03. The second-order valence-corrected chi connectivity index (χ2v) is 3.95. The molecule has 0 aliphatic rings. The van der Waals surface area contributed by atoms with Crippen LogP contribution in [0.15, 0.2) is 12.4 Å². The van der Waals surface area contributed by atoms with Crippen LogP contribution in [0.1, 0.15) is 11.1 Å². The quantitative estimate of drug-likeness (QED) is 0.659. The average Bonchev–Trinajstić information content (AvgIpc) is 2.11. The van der Waals surface area contributed by atoms with Crippen molar-refractivity contribution in [2.75, 3.05) is 21.1 Å². The minimum absolute atomic E-state index is 0. The molecule has 0 fully saturated rings. The summed E-state index contributed by atoms with van der Waals surface area (Å²) in [5, 5.41) is 0. The fraction of sp³-hybridized carbons (Fsp3) is 0.556. The molecular formula is C9H17N2Zr+. The van der Waals surface area contributed by atoms with Crippen LogP contribution in [-0.4, -0.2) is 25.8 Å². The summed E-state index contributed by atoms with van der Waals surface area (Å²) in [5.74, 6) is 0. The van der Waals surface area contributed by atoms with E-state index in [0.717, 1.165) is 4.59 Å². The molecule has 0 aliphatic carbocycles. The van der Waals surface area contributed by atoms with Gasteiger partial charge in [-0.3, -0.25) is 0 Å². The Labute approximate surface area is 93.9 Å². The minimum Gasteiger partial charge on any atom is -0.224 e. The second kappa shape index (κ2) is 3.89. The van der Waals surface area contributed by atoms with Crippen LogP contribution in [0.3, 0.4) is 0 Å². The van der Waals surface area contributed by atoms with Crippen molar-refractivity contribution >= 4 is 0 Å². The number of aromatic nitrogens is 1. The van der Waals surface area contributed by atoms with Crippen molar-refractivity contribution in [2.45, 2.75) is 13.8 Å². The fourth-order valence-electron chi connectivity index (χ4n) is 0.984. The molecule has 0 aliphatic heterocycles. The van der Waals surface area contributed by atoms with Gasteiger partial charge in [-0.15, -0.1) is 0 Å². The molecule has 0 amide bonds. The number of hydrogen-bond donors (Lipinski definition) is 0. The van der Waals surface area contributed by atoms with E-state index < -0.39 is 0 Å². The van der Waals surface area contributed by atoms with E-state index in [2.05, 4.69) is 52.1 Å². The van der Waals surface area contributed by atoms with Crippen LogP contribution in [0.5, 0.6) is 0 Å². The zero-order valence-corrected chi connectivity index (χ0v) is 11.0. The molecule has 0 spiro atoms. The number of nitrogens with zero attached hydrogens (tertiary/aromatic N) is 2. The molecule has 0 radical (unpaired) electrons. The molecule has 0 bridgehead atoms. The van der Waals surface area contributed by atoms with Gasteiger partial charge >= 0.3 is 0 Å². The first kappa shape index (κ1) is 12.1. The maximum atomic E-state index is 2.20. The second-order valence-electron chi connectivity index (χ2n) is 3.95. The molecule has 0 saturated heterocycles. The van der Waals surface area contributed by atoms with Gasteiger partial charge in [-0.2, -0.15) is 0 Å². The summed E-state index contributed by atoms with van der Waals surface area (Å²) in [6, 6.07) is 0. The van der Waals surface area contributed by atoms with Gasteiger partial charge in [-0.25, -0.2) is 9.27 Å². The summed E-state index contributed by atoms with van der Waals surface area (Å²) in [6.07, 6.45) is 4.35. The van der Waals surface area contributed by atoms with Crippen LogP contribution in [0.25, 0.3) is 0 Å². The Bertz CT molecular complexity index is 238. The molecule has 1 heterocycles. The van der Waals surface area contributed by atoms with Gasteiger partial charge in [0.1, 0.15) is 0 Å². The first-order valence-corrected chi connectivity index (χ1v) is 3.89. The van der Waals surface area contributed by atoms with Crippen molar-refractivity contribution in [1.29, 1.82) is 0 Å². The van der Waals surface area contributed by atoms with Gasteiger partial charge in [0.2, 0.25) is 0 Å². The number of hydrogen-bond acceptors (Lipinski definition) is 0. The van der Waals surface area contributed by atoms with Crippen molar-refractivity contribution < 1.29 is 26.2 Å². The fourth-order valence-corrected chi connectivity index (χ4v) is 0.984. The van der Waals surface area contributed by atoms with Crippen LogP contribution >= 0.6 is 0 Å². The Hall–Kier alpha value is 0.123. The van der Waals surface area contributed by atoms with Gasteiger partial charge in [0.25, 0.3) is 0 Å². The Morgan fingerprint density at radius 2 is 1.33 bits per heavy atom. The number of quaternary nitrogens is 1. The standard InChI is InChI=1S/C9H17N2.Zr/c1-8-6-10(7-9(8)2)11(3,4)5;/h6-7H,1-5H3;/q+1;. The van der Waals surface area contributed by atoms with E-state index in [0.29, 0.717) is 0 Å². The SMILES string of the molecule is Cc1cn([N+](C)(C)C)cc1C.[Zr]. The van der Waals surface area contributed by atoms with Crippen LogP contribution in [0, 0.1) is 13.8 Å². The van der Waals surface area contributed by atoms with E-state index >= 15 is 0 Å². The van der Waals surface area contributed by atoms with Gasteiger partial charge < -0.3 is 0 Å². The molecule has 0 atom stereocenters. The third kappa shape index (κ3) is 2.57. The zero-order chi connectivity index (χ0) is 8.65. The monoisotopic (exact) mass is 243 g/mol. The van der Waals surface area contributed by atoms with E-state index in [4.69, 9.17) is 0 Å². The van der Waals surface area contributed by atoms with E-state index in [-0.39, 0.29) is 26.2 Å². The molecule has 1 rings (SSSR count). The third-order valence-corrected chi connectivity index (χ3v) is 1.97. The number of aryl methyl sites for hydroxylation is 2. The Morgan fingerprint density at radius 1 is 1.00 bits per heavy atom. The van der Waals surface area contributed by atoms with Crippen molar-refractivity contribution in [3.05, 3.63) is 23.5 Å². The molecule has 2 nitrogen and oxygen atoms in total. The predicted octanol–water partition coefficient (Wildman–Crippen LogP) is 1.43. The smallest absolute Gasteiger partial charge is 0.0907 e. The van der Waals surface area contributed by atoms with Gasteiger partial charge in [0, 0.05) is 26.2 Å². The topological polar surface area (TPSA) is 4.93 Å². The van der Waals surface area contributed by atoms with E-state index in [1.165, 1.54) is 11.1 Å². The van der Waals surface area contributed by atoms with Crippen molar-refractivity contribution in [3.63, 3.8) is 0 Å². The van der Waals surface area contributed by atoms with E-state index in [1.807, 2.05) is 0 Å². The van der Waals surface area contributed by atoms with Gasteiger partial charge in [0.05, 0.1) is 33.5 Å². The van der Waals surface area contributed by atoms with Crippen molar-refractivity contribution in [2.24, 2.45) is 0 Å². The molecular weight excluding hydrogens is 227 g/mol. The minimum atomic E-state index is 0. The Balaban J connectivity index is 0.00000121. The largest absolute Gasteiger partial charge is 0.224 e. The summed E-state index contributed by atoms with van der Waals surface area (Å²) in [6.45, 7) is 4.28. The molecule has 0 aromatic carbocycles. The van der Waals surface area contributed by atoms with Crippen LogP contribution in [0.2, 0.25) is 0 Å². The molecule has 3 heteroatoms. The summed E-state index contributed by atoms with van der Waals surface area (Å²) in [4.78, 5) is 0. The maximum absolute atomic E-state index is 2.20. The predicted molar refractivity (Wildman–Crippen MR) is 49.2 cm³/mol. The van der Waals surface area contributed by atoms with Crippen LogP contribution in [-0.2, 0) is 26.2 Å². The first-order valence-electron chi connectivity index (χ1n) is 3.89. The van der Waals surface area contributed by atoms with Crippen molar-refractivity contribution in [1.82, 2.24) is 9.27 Å². The van der Waals surface area contributed by atoms with E-state index in [1.54, 1.807) is 0 Å². The van der Waals surface area contributed by atoms with Crippen molar-refractivity contribution in [3.8, 4) is 0 Å². The normalized spacial score (nSPS) is 11.1. The molecule has 0 unspecified atom stereocenters. The van der Waals surface area contributed by atoms with Crippen LogP contribution < -0.4 is 4.59 Å². The summed E-state index contributed by atoms with van der Waals surface area (Å²) in [5.41, 5.74) is 2.72. The zero-order valence-electron chi connectivity index (χ0n) is 8.55. The van der Waals surface area contributed by atoms with Gasteiger partial charge in [-0.1, -0.05) is 0 Å². The molecule has 12 heavy (non-hydrogen) atoms. The number of rotatable bonds is 1. The third-order valence-electron chi connectivity index (χ3n) is 1.97. The van der Waals surface area contributed by atoms with Gasteiger partial charge in [0.15, 0.2) is 0 Å². The van der Waals surface area contributed by atoms with Crippen LogP contribution in [0.4, 0.5) is 0 Å². The Morgan fingerprint density at radius 3 is 1.50 bits per heavy atom. The van der Waals surface area contributed by atoms with Gasteiger partial charge in [-0.05, 0) is 25.0 Å². The first-order chi connectivity index (χ1) is 4.91. The van der Waals surface area contributed by atoms with E-state index in [9.17, 15) is 0 Å². The molecule has 1 aromatic rings. The summed E-state index contributed by atoms with van der Waals surface area (Å²) in [7, 11) is 6.46. The average molecular weight is 244 g/mol. The molecule has 0 N–H and O–H groups in total.